The molecule has 16 nitrogen and oxygen atoms in total. The van der Waals surface area contributed by atoms with Gasteiger partial charge in [0.1, 0.15) is 46.0 Å². The van der Waals surface area contributed by atoms with Crippen molar-refractivity contribution in [3.05, 3.63) is 41.6 Å². The number of carbonyl (C=O) groups is 6. The zero-order valence-corrected chi connectivity index (χ0v) is 28.5. The van der Waals surface area contributed by atoms with E-state index in [0.29, 0.717) is 5.56 Å². The fourth-order valence-electron chi connectivity index (χ4n) is 6.72. The smallest absolute Gasteiger partial charge is 0.334 e. The lowest BCUT2D eigenvalue weighted by Crippen LogP contribution is -2.72. The van der Waals surface area contributed by atoms with E-state index in [1.54, 1.807) is 13.8 Å². The highest BCUT2D eigenvalue weighted by atomic mass is 32.2. The summed E-state index contributed by atoms with van der Waals surface area (Å²) in [6, 6.07) is 2.29. The molecule has 4 fully saturated rings. The minimum atomic E-state index is -4.14. The van der Waals surface area contributed by atoms with E-state index in [1.165, 1.54) is 68.8 Å². The van der Waals surface area contributed by atoms with E-state index in [9.17, 15) is 47.4 Å². The van der Waals surface area contributed by atoms with Crippen molar-refractivity contribution in [2.24, 2.45) is 0 Å². The SMILES string of the molecule is COC(=O)C=C(C)NC(C(=O)N[C@@H]1C(=O)N2[C@@H]1SC(C)(C)[C@@H]2C(=O)OC[C@@]1(C(=O)O)N2C(=O)C[C@H]2S(=O)(=O)C1(C)C)c1ccc(O)cc1. The number of amides is 3. The maximum absolute atomic E-state index is 13.6. The van der Waals surface area contributed by atoms with Crippen LogP contribution in [-0.4, -0.2) is 116 Å². The number of thioether (sulfide) groups is 1. The van der Waals surface area contributed by atoms with Gasteiger partial charge in [0.05, 0.1) is 13.5 Å². The summed E-state index contributed by atoms with van der Waals surface area (Å²) in [5.41, 5.74) is -1.71. The topological polar surface area (TPSA) is 226 Å². The van der Waals surface area contributed by atoms with Crippen molar-refractivity contribution in [3.8, 4) is 5.75 Å². The fourth-order valence-corrected chi connectivity index (χ4v) is 10.7. The number of phenols is 1. The maximum Gasteiger partial charge on any atom is 0.334 e. The van der Waals surface area contributed by atoms with Crippen LogP contribution in [0.25, 0.3) is 0 Å². The van der Waals surface area contributed by atoms with Gasteiger partial charge in [0, 0.05) is 16.5 Å². The Hall–Kier alpha value is -4.32. The van der Waals surface area contributed by atoms with Crippen LogP contribution in [0.3, 0.4) is 0 Å². The molecule has 1 aromatic rings. The number of carboxylic acids is 1. The molecular formula is C30H36N4O12S2. The zero-order valence-electron chi connectivity index (χ0n) is 26.9. The first-order valence-electron chi connectivity index (χ1n) is 14.8. The second kappa shape index (κ2) is 11.7. The average Bonchev–Trinajstić information content (AvgIpc) is 3.31. The number of aromatic hydroxyl groups is 1. The van der Waals surface area contributed by atoms with E-state index in [2.05, 4.69) is 15.4 Å². The van der Waals surface area contributed by atoms with E-state index >= 15 is 0 Å². The van der Waals surface area contributed by atoms with Gasteiger partial charge in [0.25, 0.3) is 0 Å². The third-order valence-electron chi connectivity index (χ3n) is 9.52. The molecule has 48 heavy (non-hydrogen) atoms. The number of allylic oxidation sites excluding steroid dienone is 1. The van der Waals surface area contributed by atoms with Crippen LogP contribution in [0.15, 0.2) is 36.0 Å². The number of fused-ring (bicyclic) bond motifs is 2. The van der Waals surface area contributed by atoms with Gasteiger partial charge < -0.3 is 40.1 Å². The van der Waals surface area contributed by atoms with Crippen LogP contribution in [0.4, 0.5) is 0 Å². The Kier molecular flexibility index (Phi) is 8.52. The first kappa shape index (κ1) is 35.0. The van der Waals surface area contributed by atoms with Crippen molar-refractivity contribution in [1.82, 2.24) is 20.4 Å². The Morgan fingerprint density at radius 3 is 2.31 bits per heavy atom. The molecule has 4 N–H and O–H groups in total. The van der Waals surface area contributed by atoms with E-state index in [0.717, 1.165) is 11.0 Å². The number of methoxy groups -OCH3 is 1. The van der Waals surface area contributed by atoms with Gasteiger partial charge in [-0.05, 0) is 52.3 Å². The molecule has 6 atom stereocenters. The van der Waals surface area contributed by atoms with Crippen LogP contribution in [0.5, 0.6) is 5.75 Å². The lowest BCUT2D eigenvalue weighted by atomic mass is 9.82. The molecule has 1 unspecified atom stereocenters. The molecule has 1 aromatic carbocycles. The maximum atomic E-state index is 13.6. The molecular weight excluding hydrogens is 672 g/mol. The Bertz CT molecular complexity index is 1740. The number of carboxylic acid groups (broad SMARTS) is 1. The predicted molar refractivity (Wildman–Crippen MR) is 167 cm³/mol. The van der Waals surface area contributed by atoms with Crippen molar-refractivity contribution >= 4 is 57.2 Å². The molecule has 0 saturated carbocycles. The Morgan fingerprint density at radius 2 is 1.75 bits per heavy atom. The van der Waals surface area contributed by atoms with Gasteiger partial charge in [-0.1, -0.05) is 12.1 Å². The van der Waals surface area contributed by atoms with E-state index in [4.69, 9.17) is 4.74 Å². The zero-order chi connectivity index (χ0) is 35.7. The Morgan fingerprint density at radius 1 is 1.12 bits per heavy atom. The molecule has 4 heterocycles. The number of β-lactam (4-membered cyclic amide) rings is 2. The molecule has 0 aromatic heterocycles. The number of carbonyl (C=O) groups excluding carboxylic acids is 5. The Labute approximate surface area is 280 Å². The highest BCUT2D eigenvalue weighted by Crippen LogP contribution is 2.54. The lowest BCUT2D eigenvalue weighted by Gasteiger charge is -2.46. The van der Waals surface area contributed by atoms with Crippen LogP contribution in [-0.2, 0) is 48.1 Å². The number of nitrogens with one attached hydrogen (secondary N) is 2. The number of sulfone groups is 1. The van der Waals surface area contributed by atoms with Crippen molar-refractivity contribution in [2.75, 3.05) is 13.7 Å². The second-order valence-corrected chi connectivity index (χ2v) is 17.4. The van der Waals surface area contributed by atoms with Crippen molar-refractivity contribution < 1.29 is 56.9 Å². The monoisotopic (exact) mass is 708 g/mol. The lowest BCUT2D eigenvalue weighted by molar-refractivity contribution is -0.180. The molecule has 0 radical (unpaired) electrons. The van der Waals surface area contributed by atoms with Gasteiger partial charge in [-0.25, -0.2) is 22.8 Å². The van der Waals surface area contributed by atoms with Crippen LogP contribution in [0.1, 0.15) is 52.6 Å². The van der Waals surface area contributed by atoms with E-state index in [1.807, 2.05) is 0 Å². The van der Waals surface area contributed by atoms with Gasteiger partial charge in [0.15, 0.2) is 15.4 Å². The summed E-state index contributed by atoms with van der Waals surface area (Å²) in [7, 11) is -2.95. The summed E-state index contributed by atoms with van der Waals surface area (Å²) in [6.07, 6.45) is 0.763. The largest absolute Gasteiger partial charge is 0.508 e. The van der Waals surface area contributed by atoms with Crippen LogP contribution >= 0.6 is 11.8 Å². The first-order valence-corrected chi connectivity index (χ1v) is 17.2. The van der Waals surface area contributed by atoms with Crippen LogP contribution in [0, 0.1) is 0 Å². The average molecular weight is 709 g/mol. The van der Waals surface area contributed by atoms with Gasteiger partial charge in [-0.3, -0.25) is 14.4 Å². The molecule has 4 aliphatic heterocycles. The minimum absolute atomic E-state index is 0.0456. The van der Waals surface area contributed by atoms with Crippen LogP contribution in [0.2, 0.25) is 0 Å². The minimum Gasteiger partial charge on any atom is -0.508 e. The Balaban J connectivity index is 1.34. The van der Waals surface area contributed by atoms with Crippen molar-refractivity contribution in [3.63, 3.8) is 0 Å². The molecule has 3 amide bonds. The van der Waals surface area contributed by atoms with Gasteiger partial charge in [0.2, 0.25) is 17.7 Å². The summed E-state index contributed by atoms with van der Waals surface area (Å²) in [5.74, 6) is -5.32. The molecule has 4 aliphatic rings. The second-order valence-electron chi connectivity index (χ2n) is 13.0. The number of ether oxygens (including phenoxy) is 2. The summed E-state index contributed by atoms with van der Waals surface area (Å²) in [4.78, 5) is 79.6. The van der Waals surface area contributed by atoms with Gasteiger partial charge in [-0.2, -0.15) is 0 Å². The number of esters is 2. The highest BCUT2D eigenvalue weighted by molar-refractivity contribution is 8.01. The number of phenolic OH excluding ortho intramolecular Hbond substituents is 1. The summed E-state index contributed by atoms with van der Waals surface area (Å²) in [6.45, 7) is 6.27. The molecule has 0 aliphatic carbocycles. The molecule has 5 rings (SSSR count). The normalized spacial score (nSPS) is 29.8. The summed E-state index contributed by atoms with van der Waals surface area (Å²) in [5, 5.41) is 23.5. The number of aliphatic carboxylic acids is 1. The molecule has 0 bridgehead atoms. The van der Waals surface area contributed by atoms with E-state index < -0.39 is 96.0 Å². The van der Waals surface area contributed by atoms with Crippen LogP contribution < -0.4 is 10.6 Å². The molecule has 260 valence electrons. The number of hydrogen-bond donors (Lipinski definition) is 4. The molecule has 18 heteroatoms. The number of rotatable bonds is 10. The van der Waals surface area contributed by atoms with Gasteiger partial charge >= 0.3 is 17.9 Å². The summed E-state index contributed by atoms with van der Waals surface area (Å²) >= 11 is 1.20. The number of hydrogen-bond acceptors (Lipinski definition) is 13. The summed E-state index contributed by atoms with van der Waals surface area (Å²) < 4.78 is 33.5. The predicted octanol–water partition coefficient (Wildman–Crippen LogP) is -0.221. The first-order chi connectivity index (χ1) is 22.2. The number of nitrogens with zero attached hydrogens (tertiary/aromatic N) is 2. The van der Waals surface area contributed by atoms with Crippen molar-refractivity contribution in [2.45, 2.75) is 84.9 Å². The van der Waals surface area contributed by atoms with E-state index in [-0.39, 0.29) is 17.9 Å². The third-order valence-corrected chi connectivity index (χ3v) is 13.9. The third kappa shape index (κ3) is 5.07. The van der Waals surface area contributed by atoms with Crippen molar-refractivity contribution in [1.29, 1.82) is 0 Å². The standard InChI is InChI=1S/C30H36N4O12S2/c1-14(11-19(37)45-6)31-20(15-7-9-16(35)10-8-15)23(38)32-21-24(39)33-22(28(2,3)47-25(21)33)26(40)46-13-30(27(41)42)29(4,5)48(43,44)18-12-17(36)34(18)30/h7-11,18,20-22,25,31,35H,12-13H2,1-6H3,(H,32,38)(H,41,42)/t18-,20?,21-,22+,25-,30+/m1/s1. The molecule has 0 spiro atoms. The van der Waals surface area contributed by atoms with Gasteiger partial charge in [-0.15, -0.1) is 11.8 Å². The quantitative estimate of drug-likeness (QED) is 0.140. The fraction of sp³-hybridized carbons (Fsp3) is 0.533. The highest BCUT2D eigenvalue weighted by Gasteiger charge is 2.77. The molecule has 4 saturated heterocycles. The number of benzene rings is 1.